The van der Waals surface area contributed by atoms with Crippen LogP contribution in [0.15, 0.2) is 11.6 Å². The standard InChI is InChI=1S/C10H18ClNO2/c1-4-5-6-9(10(13)14-3)12-7-8(2)11/h9,12H,2,4-7H2,1,3H3. The number of carbonyl (C=O) groups is 1. The minimum atomic E-state index is -0.268. The van der Waals surface area contributed by atoms with Crippen molar-refractivity contribution in [3.63, 3.8) is 0 Å². The van der Waals surface area contributed by atoms with Crippen molar-refractivity contribution in [1.29, 1.82) is 0 Å². The Morgan fingerprint density at radius 1 is 1.64 bits per heavy atom. The number of carbonyl (C=O) groups excluding carboxylic acids is 1. The lowest BCUT2D eigenvalue weighted by Gasteiger charge is -2.15. The molecule has 0 heterocycles. The molecule has 0 spiro atoms. The van der Waals surface area contributed by atoms with Gasteiger partial charge in [0, 0.05) is 11.6 Å². The van der Waals surface area contributed by atoms with Crippen LogP contribution in [0.1, 0.15) is 26.2 Å². The van der Waals surface area contributed by atoms with E-state index in [1.54, 1.807) is 0 Å². The fourth-order valence-corrected chi connectivity index (χ4v) is 1.16. The quantitative estimate of drug-likeness (QED) is 0.667. The predicted octanol–water partition coefficient (Wildman–Crippen LogP) is 2.06. The van der Waals surface area contributed by atoms with Crippen molar-refractivity contribution in [2.75, 3.05) is 13.7 Å². The number of esters is 1. The number of methoxy groups -OCH3 is 1. The van der Waals surface area contributed by atoms with Gasteiger partial charge < -0.3 is 4.74 Å². The Morgan fingerprint density at radius 2 is 2.29 bits per heavy atom. The van der Waals surface area contributed by atoms with Crippen LogP contribution >= 0.6 is 11.6 Å². The summed E-state index contributed by atoms with van der Waals surface area (Å²) in [6, 6.07) is -0.268. The zero-order chi connectivity index (χ0) is 11.0. The van der Waals surface area contributed by atoms with Gasteiger partial charge in [-0.1, -0.05) is 37.9 Å². The van der Waals surface area contributed by atoms with Gasteiger partial charge in [-0.25, -0.2) is 0 Å². The molecule has 1 atom stereocenters. The van der Waals surface area contributed by atoms with Crippen molar-refractivity contribution >= 4 is 17.6 Å². The zero-order valence-electron chi connectivity index (χ0n) is 8.81. The van der Waals surface area contributed by atoms with Gasteiger partial charge in [-0.3, -0.25) is 10.1 Å². The SMILES string of the molecule is C=C(Cl)CNC(CCCC)C(=O)OC. The molecule has 0 bridgehead atoms. The first-order valence-corrected chi connectivity index (χ1v) is 5.14. The van der Waals surface area contributed by atoms with Crippen LogP contribution in [-0.2, 0) is 9.53 Å². The third-order valence-corrected chi connectivity index (χ3v) is 2.01. The molecule has 0 aliphatic carbocycles. The highest BCUT2D eigenvalue weighted by molar-refractivity contribution is 6.29. The van der Waals surface area contributed by atoms with Crippen molar-refractivity contribution in [3.8, 4) is 0 Å². The highest BCUT2D eigenvalue weighted by Gasteiger charge is 2.17. The zero-order valence-corrected chi connectivity index (χ0v) is 9.56. The first-order valence-electron chi connectivity index (χ1n) is 4.76. The fourth-order valence-electron chi connectivity index (χ4n) is 1.09. The van der Waals surface area contributed by atoms with Gasteiger partial charge in [0.1, 0.15) is 6.04 Å². The molecule has 0 rings (SSSR count). The van der Waals surface area contributed by atoms with E-state index in [-0.39, 0.29) is 12.0 Å². The van der Waals surface area contributed by atoms with E-state index in [1.807, 2.05) is 0 Å². The van der Waals surface area contributed by atoms with E-state index in [0.29, 0.717) is 11.6 Å². The topological polar surface area (TPSA) is 38.3 Å². The molecule has 0 aliphatic rings. The van der Waals surface area contributed by atoms with E-state index < -0.39 is 0 Å². The van der Waals surface area contributed by atoms with E-state index >= 15 is 0 Å². The first kappa shape index (κ1) is 13.5. The maximum atomic E-state index is 11.3. The molecule has 82 valence electrons. The van der Waals surface area contributed by atoms with Gasteiger partial charge in [0.2, 0.25) is 0 Å². The summed E-state index contributed by atoms with van der Waals surface area (Å²) >= 11 is 5.59. The highest BCUT2D eigenvalue weighted by atomic mass is 35.5. The minimum Gasteiger partial charge on any atom is -0.468 e. The summed E-state index contributed by atoms with van der Waals surface area (Å²) in [7, 11) is 1.39. The number of unbranched alkanes of at least 4 members (excludes halogenated alkanes) is 1. The van der Waals surface area contributed by atoms with Crippen LogP contribution in [0.3, 0.4) is 0 Å². The molecular weight excluding hydrogens is 202 g/mol. The molecule has 0 aromatic rings. The lowest BCUT2D eigenvalue weighted by Crippen LogP contribution is -2.38. The molecule has 0 saturated heterocycles. The third-order valence-electron chi connectivity index (χ3n) is 1.87. The van der Waals surface area contributed by atoms with Crippen LogP contribution in [0.4, 0.5) is 0 Å². The molecule has 0 amide bonds. The van der Waals surface area contributed by atoms with E-state index in [9.17, 15) is 4.79 Å². The smallest absolute Gasteiger partial charge is 0.322 e. The Balaban J connectivity index is 3.96. The van der Waals surface area contributed by atoms with Gasteiger partial charge >= 0.3 is 5.97 Å². The number of ether oxygens (including phenoxy) is 1. The summed E-state index contributed by atoms with van der Waals surface area (Å²) in [5.74, 6) is -0.239. The molecule has 0 aromatic carbocycles. The summed E-state index contributed by atoms with van der Waals surface area (Å²) in [6.45, 7) is 6.06. The van der Waals surface area contributed by atoms with Crippen LogP contribution in [0.25, 0.3) is 0 Å². The number of nitrogens with one attached hydrogen (secondary N) is 1. The van der Waals surface area contributed by atoms with E-state index in [4.69, 9.17) is 11.6 Å². The summed E-state index contributed by atoms with van der Waals surface area (Å²) in [5, 5.41) is 3.49. The Morgan fingerprint density at radius 3 is 2.71 bits per heavy atom. The normalized spacial score (nSPS) is 12.2. The summed E-state index contributed by atoms with van der Waals surface area (Å²) < 4.78 is 4.67. The van der Waals surface area contributed by atoms with Crippen molar-refractivity contribution in [3.05, 3.63) is 11.6 Å². The van der Waals surface area contributed by atoms with E-state index in [1.165, 1.54) is 7.11 Å². The van der Waals surface area contributed by atoms with Gasteiger partial charge in [0.05, 0.1) is 7.11 Å². The summed E-state index contributed by atoms with van der Waals surface area (Å²) in [6.07, 6.45) is 2.81. The molecule has 0 aromatic heterocycles. The number of hydrogen-bond acceptors (Lipinski definition) is 3. The molecule has 0 saturated carbocycles. The van der Waals surface area contributed by atoms with Crippen LogP contribution in [-0.4, -0.2) is 25.7 Å². The van der Waals surface area contributed by atoms with Gasteiger partial charge in [0.25, 0.3) is 0 Å². The molecule has 0 aliphatic heterocycles. The Hall–Kier alpha value is -0.540. The predicted molar refractivity (Wildman–Crippen MR) is 58.3 cm³/mol. The second-order valence-electron chi connectivity index (χ2n) is 3.12. The van der Waals surface area contributed by atoms with Crippen LogP contribution in [0.2, 0.25) is 0 Å². The average Bonchev–Trinajstić information content (AvgIpc) is 2.16. The number of rotatable bonds is 7. The Bertz CT molecular complexity index is 195. The third kappa shape index (κ3) is 6.00. The Labute approximate surface area is 90.5 Å². The van der Waals surface area contributed by atoms with Crippen LogP contribution in [0.5, 0.6) is 0 Å². The van der Waals surface area contributed by atoms with Gasteiger partial charge in [0.15, 0.2) is 0 Å². The molecular formula is C10H18ClNO2. The van der Waals surface area contributed by atoms with Gasteiger partial charge in [-0.2, -0.15) is 0 Å². The van der Waals surface area contributed by atoms with Crippen molar-refractivity contribution < 1.29 is 9.53 Å². The molecule has 3 nitrogen and oxygen atoms in total. The van der Waals surface area contributed by atoms with Crippen molar-refractivity contribution in [2.24, 2.45) is 0 Å². The minimum absolute atomic E-state index is 0.239. The van der Waals surface area contributed by atoms with Crippen molar-refractivity contribution in [1.82, 2.24) is 5.32 Å². The average molecular weight is 220 g/mol. The van der Waals surface area contributed by atoms with E-state index in [2.05, 4.69) is 23.6 Å². The molecule has 4 heteroatoms. The monoisotopic (exact) mass is 219 g/mol. The van der Waals surface area contributed by atoms with Gasteiger partial charge in [-0.05, 0) is 6.42 Å². The molecule has 0 fully saturated rings. The second-order valence-corrected chi connectivity index (χ2v) is 3.65. The summed E-state index contributed by atoms with van der Waals surface area (Å²) in [4.78, 5) is 11.3. The highest BCUT2D eigenvalue weighted by Crippen LogP contribution is 2.03. The molecule has 1 N–H and O–H groups in total. The van der Waals surface area contributed by atoms with Gasteiger partial charge in [-0.15, -0.1) is 0 Å². The second kappa shape index (κ2) is 7.83. The number of halogens is 1. The fraction of sp³-hybridized carbons (Fsp3) is 0.700. The van der Waals surface area contributed by atoms with Crippen molar-refractivity contribution in [2.45, 2.75) is 32.2 Å². The number of hydrogen-bond donors (Lipinski definition) is 1. The largest absolute Gasteiger partial charge is 0.468 e. The maximum absolute atomic E-state index is 11.3. The maximum Gasteiger partial charge on any atom is 0.322 e. The lowest BCUT2D eigenvalue weighted by molar-refractivity contribution is -0.143. The summed E-state index contributed by atoms with van der Waals surface area (Å²) in [5.41, 5.74) is 0. The van der Waals surface area contributed by atoms with E-state index in [0.717, 1.165) is 19.3 Å². The molecule has 1 unspecified atom stereocenters. The Kier molecular flexibility index (Phi) is 7.52. The lowest BCUT2D eigenvalue weighted by atomic mass is 10.1. The molecule has 14 heavy (non-hydrogen) atoms. The molecule has 0 radical (unpaired) electrons. The first-order chi connectivity index (χ1) is 6.61. The van der Waals surface area contributed by atoms with Crippen LogP contribution in [0, 0.1) is 0 Å². The van der Waals surface area contributed by atoms with Crippen LogP contribution < -0.4 is 5.32 Å².